The van der Waals surface area contributed by atoms with Gasteiger partial charge in [0.05, 0.1) is 33.8 Å². The van der Waals surface area contributed by atoms with Gasteiger partial charge in [-0.25, -0.2) is 0 Å². The third-order valence-corrected chi connectivity index (χ3v) is 5.79. The number of rotatable bonds is 5. The van der Waals surface area contributed by atoms with Crippen molar-refractivity contribution in [2.24, 2.45) is 0 Å². The minimum atomic E-state index is -1.49. The summed E-state index contributed by atoms with van der Waals surface area (Å²) in [5.74, 6) is -0.375. The minimum absolute atomic E-state index is 0.105. The van der Waals surface area contributed by atoms with Gasteiger partial charge in [0.1, 0.15) is 30.5 Å². The van der Waals surface area contributed by atoms with Crippen LogP contribution in [0.4, 0.5) is 0 Å². The van der Waals surface area contributed by atoms with Gasteiger partial charge in [-0.1, -0.05) is 31.4 Å². The largest absolute Gasteiger partial charge is 0.469 e. The Labute approximate surface area is 149 Å². The van der Waals surface area contributed by atoms with Crippen LogP contribution in [0.1, 0.15) is 19.3 Å². The van der Waals surface area contributed by atoms with Crippen molar-refractivity contribution in [3.05, 3.63) is 11.8 Å². The van der Waals surface area contributed by atoms with E-state index in [9.17, 15) is 20.1 Å². The predicted octanol–water partition coefficient (Wildman–Crippen LogP) is 0.381. The first-order valence-corrected chi connectivity index (χ1v) is 12.3. The van der Waals surface area contributed by atoms with Crippen molar-refractivity contribution in [1.82, 2.24) is 0 Å². The topological polar surface area (TPSA) is 105 Å². The Hall–Kier alpha value is -0.773. The van der Waals surface area contributed by atoms with Crippen molar-refractivity contribution in [2.45, 2.75) is 81.6 Å². The van der Waals surface area contributed by atoms with Crippen molar-refractivity contribution in [2.75, 3.05) is 7.11 Å². The molecule has 2 rings (SSSR count). The molecule has 0 aromatic carbocycles. The smallest absolute Gasteiger partial charge is 0.308 e. The number of aliphatic hydroxyl groups is 3. The molecule has 2 saturated heterocycles. The average molecular weight is 375 g/mol. The zero-order valence-electron chi connectivity index (χ0n) is 15.3. The maximum absolute atomic E-state index is 11.4. The van der Waals surface area contributed by atoms with Gasteiger partial charge < -0.3 is 29.5 Å². The Kier molecular flexibility index (Phi) is 6.80. The first kappa shape index (κ1) is 20.5. The van der Waals surface area contributed by atoms with E-state index in [-0.39, 0.29) is 18.5 Å². The van der Waals surface area contributed by atoms with Gasteiger partial charge in [0.25, 0.3) is 0 Å². The fourth-order valence-electron chi connectivity index (χ4n) is 3.21. The molecule has 5 unspecified atom stereocenters. The lowest BCUT2D eigenvalue weighted by molar-refractivity contribution is -0.274. The summed E-state index contributed by atoms with van der Waals surface area (Å²) in [5.41, 5.74) is 1.98. The van der Waals surface area contributed by atoms with E-state index in [4.69, 9.17) is 9.47 Å². The van der Waals surface area contributed by atoms with E-state index >= 15 is 0 Å². The molecule has 2 fully saturated rings. The molecule has 0 aromatic heterocycles. The van der Waals surface area contributed by atoms with Crippen molar-refractivity contribution >= 4 is 14.0 Å². The molecule has 0 spiro atoms. The Morgan fingerprint density at radius 2 is 1.92 bits per heavy atom. The third-order valence-electron chi connectivity index (χ3n) is 4.60. The third kappa shape index (κ3) is 5.35. The zero-order chi connectivity index (χ0) is 18.8. The summed E-state index contributed by atoms with van der Waals surface area (Å²) in [6.07, 6.45) is -2.93. The van der Waals surface area contributed by atoms with Crippen molar-refractivity contribution in [3.63, 3.8) is 0 Å². The fraction of sp³-hybridized carbons (Fsp3) is 0.824. The quantitative estimate of drug-likeness (QED) is 0.472. The molecule has 0 aliphatic carbocycles. The molecule has 0 bridgehead atoms. The van der Waals surface area contributed by atoms with Gasteiger partial charge in [0, 0.05) is 0 Å². The van der Waals surface area contributed by atoms with E-state index < -0.39 is 44.7 Å². The van der Waals surface area contributed by atoms with E-state index in [1.54, 1.807) is 6.08 Å². The first-order valence-electron chi connectivity index (χ1n) is 8.73. The van der Waals surface area contributed by atoms with Gasteiger partial charge in [-0.3, -0.25) is 4.79 Å². The van der Waals surface area contributed by atoms with Crippen LogP contribution in [0.25, 0.3) is 0 Å². The SMILES string of the molecule is COC(=O)CC1CCC2O[C@@H](C(O)/C=C/[Si](C)(C)C)C(O)C(O)[C@H]2O1. The number of fused-ring (bicyclic) bond motifs is 1. The molecule has 144 valence electrons. The number of hydrogen-bond donors (Lipinski definition) is 3. The molecule has 7 nitrogen and oxygen atoms in total. The minimum Gasteiger partial charge on any atom is -0.469 e. The van der Waals surface area contributed by atoms with E-state index in [2.05, 4.69) is 24.4 Å². The van der Waals surface area contributed by atoms with Gasteiger partial charge in [0.2, 0.25) is 0 Å². The number of ether oxygens (including phenoxy) is 3. The van der Waals surface area contributed by atoms with Crippen LogP contribution in [0.15, 0.2) is 11.8 Å². The summed E-state index contributed by atoms with van der Waals surface area (Å²) in [6.45, 7) is 6.40. The molecular weight excluding hydrogens is 344 g/mol. The Morgan fingerprint density at radius 1 is 1.24 bits per heavy atom. The highest BCUT2D eigenvalue weighted by Gasteiger charge is 2.49. The highest BCUT2D eigenvalue weighted by Crippen LogP contribution is 2.34. The molecule has 0 aromatic rings. The molecule has 3 N–H and O–H groups in total. The van der Waals surface area contributed by atoms with Crippen LogP contribution in [0, 0.1) is 0 Å². The lowest BCUT2D eigenvalue weighted by atomic mass is 9.87. The first-order chi connectivity index (χ1) is 11.6. The lowest BCUT2D eigenvalue weighted by Crippen LogP contribution is -2.63. The molecule has 2 aliphatic heterocycles. The van der Waals surface area contributed by atoms with Crippen molar-refractivity contribution < 1.29 is 34.3 Å². The Balaban J connectivity index is 2.02. The standard InChI is InChI=1S/C17H30O7Si/c1-22-13(19)9-10-5-6-12-17(23-10)15(21)14(20)16(24-12)11(18)7-8-25(2,3)4/h7-8,10-12,14-18,20-21H,5-6,9H2,1-4H3/b8-7+/t10?,11?,12?,14?,15?,16-,17-/m0/s1. The monoisotopic (exact) mass is 374 g/mol. The number of carbonyl (C=O) groups is 1. The van der Waals surface area contributed by atoms with E-state index in [1.807, 2.05) is 5.70 Å². The summed E-state index contributed by atoms with van der Waals surface area (Å²) >= 11 is 0. The van der Waals surface area contributed by atoms with Gasteiger partial charge in [-0.2, -0.15) is 0 Å². The van der Waals surface area contributed by atoms with Crippen LogP contribution in [0.3, 0.4) is 0 Å². The van der Waals surface area contributed by atoms with Gasteiger partial charge in [-0.05, 0) is 12.8 Å². The Morgan fingerprint density at radius 3 is 2.52 bits per heavy atom. The van der Waals surface area contributed by atoms with Gasteiger partial charge in [0.15, 0.2) is 0 Å². The second kappa shape index (κ2) is 8.28. The van der Waals surface area contributed by atoms with Crippen LogP contribution in [-0.2, 0) is 19.0 Å². The summed E-state index contributed by atoms with van der Waals surface area (Å²) < 4.78 is 16.2. The van der Waals surface area contributed by atoms with Crippen molar-refractivity contribution in [3.8, 4) is 0 Å². The lowest BCUT2D eigenvalue weighted by Gasteiger charge is -2.47. The second-order valence-electron chi connectivity index (χ2n) is 7.92. The van der Waals surface area contributed by atoms with Crippen molar-refractivity contribution in [1.29, 1.82) is 0 Å². The van der Waals surface area contributed by atoms with Gasteiger partial charge in [-0.15, -0.1) is 0 Å². The van der Waals surface area contributed by atoms with Crippen LogP contribution in [0.5, 0.6) is 0 Å². The predicted molar refractivity (Wildman–Crippen MR) is 93.7 cm³/mol. The van der Waals surface area contributed by atoms with E-state index in [0.717, 1.165) is 0 Å². The average Bonchev–Trinajstić information content (AvgIpc) is 2.55. The number of aliphatic hydroxyl groups excluding tert-OH is 3. The van der Waals surface area contributed by atoms with Crippen LogP contribution in [0.2, 0.25) is 19.6 Å². The van der Waals surface area contributed by atoms with E-state index in [1.165, 1.54) is 7.11 Å². The zero-order valence-corrected chi connectivity index (χ0v) is 16.3. The summed E-state index contributed by atoms with van der Waals surface area (Å²) in [6, 6.07) is 0. The van der Waals surface area contributed by atoms with Gasteiger partial charge >= 0.3 is 5.97 Å². The van der Waals surface area contributed by atoms with Crippen LogP contribution in [-0.4, -0.2) is 79.2 Å². The maximum Gasteiger partial charge on any atom is 0.308 e. The highest BCUT2D eigenvalue weighted by atomic mass is 28.3. The summed E-state index contributed by atoms with van der Waals surface area (Å²) in [4.78, 5) is 11.4. The van der Waals surface area contributed by atoms with E-state index in [0.29, 0.717) is 12.8 Å². The normalized spacial score (nSPS) is 37.6. The summed E-state index contributed by atoms with van der Waals surface area (Å²) in [5, 5.41) is 31.1. The molecule has 2 aliphatic rings. The number of methoxy groups -OCH3 is 1. The second-order valence-corrected chi connectivity index (χ2v) is 13.0. The fourth-order valence-corrected chi connectivity index (χ4v) is 3.98. The molecule has 7 atom stereocenters. The Bertz CT molecular complexity index is 488. The van der Waals surface area contributed by atoms with Crippen LogP contribution >= 0.6 is 0 Å². The molecule has 0 saturated carbocycles. The molecule has 8 heteroatoms. The highest BCUT2D eigenvalue weighted by molar-refractivity contribution is 6.80. The molecular formula is C17H30O7Si. The molecule has 0 amide bonds. The molecule has 0 radical (unpaired) electrons. The number of esters is 1. The number of carbonyl (C=O) groups excluding carboxylic acids is 1. The molecule has 25 heavy (non-hydrogen) atoms. The summed E-state index contributed by atoms with van der Waals surface area (Å²) in [7, 11) is -0.179. The number of hydrogen-bond acceptors (Lipinski definition) is 7. The van der Waals surface area contributed by atoms with Crippen LogP contribution < -0.4 is 0 Å². The maximum atomic E-state index is 11.4. The molecule has 2 heterocycles.